The van der Waals surface area contributed by atoms with Crippen LogP contribution < -0.4 is 5.32 Å². The Morgan fingerprint density at radius 2 is 1.89 bits per heavy atom. The Balaban J connectivity index is 3.04. The van der Waals surface area contributed by atoms with Crippen LogP contribution in [0.4, 0.5) is 5.69 Å². The molecule has 0 fully saturated rings. The summed E-state index contributed by atoms with van der Waals surface area (Å²) < 4.78 is 8.99. The number of esters is 2. The van der Waals surface area contributed by atoms with E-state index < -0.39 is 11.9 Å². The Morgan fingerprint density at radius 3 is 2.42 bits per heavy atom. The Kier molecular flexibility index (Phi) is 5.66. The molecule has 1 N–H and O–H groups in total. The highest BCUT2D eigenvalue weighted by molar-refractivity contribution is 6.36. The molecule has 0 unspecified atom stereocenters. The Bertz CT molecular complexity index is 528. The third-order valence-electron chi connectivity index (χ3n) is 2.07. The first kappa shape index (κ1) is 15.3. The zero-order valence-corrected chi connectivity index (χ0v) is 11.7. The molecule has 0 bridgehead atoms. The second kappa shape index (κ2) is 7.01. The molecule has 0 aliphatic rings. The zero-order chi connectivity index (χ0) is 14.4. The topological polar surface area (TPSA) is 64.6 Å². The lowest BCUT2D eigenvalue weighted by atomic mass is 10.3. The monoisotopic (exact) mass is 303 g/mol. The minimum absolute atomic E-state index is 0.0985. The predicted octanol–water partition coefficient (Wildman–Crippen LogP) is 2.64. The van der Waals surface area contributed by atoms with Gasteiger partial charge in [0, 0.05) is 5.02 Å². The maximum atomic E-state index is 11.5. The highest BCUT2D eigenvalue weighted by Gasteiger charge is 2.14. The number of carbonyl (C=O) groups excluding carboxylic acids is 2. The Hall–Kier alpha value is -1.72. The predicted molar refractivity (Wildman–Crippen MR) is 72.2 cm³/mol. The Labute approximate surface area is 120 Å². The summed E-state index contributed by atoms with van der Waals surface area (Å²) in [5.74, 6) is -1.42. The van der Waals surface area contributed by atoms with Crippen molar-refractivity contribution in [3.63, 3.8) is 0 Å². The van der Waals surface area contributed by atoms with Crippen molar-refractivity contribution >= 4 is 40.8 Å². The quantitative estimate of drug-likeness (QED) is 0.684. The minimum Gasteiger partial charge on any atom is -0.466 e. The average molecular weight is 304 g/mol. The van der Waals surface area contributed by atoms with Gasteiger partial charge in [0.1, 0.15) is 5.70 Å². The summed E-state index contributed by atoms with van der Waals surface area (Å²) >= 11 is 11.7. The summed E-state index contributed by atoms with van der Waals surface area (Å²) in [5.41, 5.74) is 0.310. The molecule has 19 heavy (non-hydrogen) atoms. The molecule has 0 atom stereocenters. The number of hydrogen-bond acceptors (Lipinski definition) is 5. The summed E-state index contributed by atoms with van der Waals surface area (Å²) in [6.07, 6.45) is 0.969. The summed E-state index contributed by atoms with van der Waals surface area (Å²) in [4.78, 5) is 22.7. The molecule has 7 heteroatoms. The van der Waals surface area contributed by atoms with Gasteiger partial charge in [0.2, 0.25) is 0 Å². The molecule has 0 amide bonds. The van der Waals surface area contributed by atoms with Crippen molar-refractivity contribution in [1.82, 2.24) is 0 Å². The number of ether oxygens (including phenoxy) is 2. The van der Waals surface area contributed by atoms with E-state index in [0.29, 0.717) is 15.7 Å². The van der Waals surface area contributed by atoms with E-state index in [-0.39, 0.29) is 5.70 Å². The molecule has 0 saturated carbocycles. The van der Waals surface area contributed by atoms with E-state index >= 15 is 0 Å². The van der Waals surface area contributed by atoms with Gasteiger partial charge in [-0.05, 0) is 18.2 Å². The first-order valence-corrected chi connectivity index (χ1v) is 5.83. The molecule has 102 valence electrons. The van der Waals surface area contributed by atoms with Crippen molar-refractivity contribution in [3.05, 3.63) is 40.0 Å². The standard InChI is InChI=1S/C12H11Cl2NO4/c1-18-11(16)6-10(12(17)19-2)15-9-4-3-7(13)5-8(9)14/h3-6,15H,1-2H3/b10-6-. The maximum absolute atomic E-state index is 11.5. The number of methoxy groups -OCH3 is 2. The SMILES string of the molecule is COC(=O)/C=C(\Nc1ccc(Cl)cc1Cl)C(=O)OC. The molecular formula is C12H11Cl2NO4. The molecule has 0 saturated heterocycles. The maximum Gasteiger partial charge on any atom is 0.354 e. The molecule has 0 heterocycles. The van der Waals surface area contributed by atoms with Gasteiger partial charge in [-0.3, -0.25) is 0 Å². The van der Waals surface area contributed by atoms with Crippen LogP contribution >= 0.6 is 23.2 Å². The van der Waals surface area contributed by atoms with E-state index in [1.54, 1.807) is 12.1 Å². The molecular weight excluding hydrogens is 293 g/mol. The number of halogens is 2. The number of anilines is 1. The second-order valence-corrected chi connectivity index (χ2v) is 4.17. The van der Waals surface area contributed by atoms with Crippen LogP contribution in [0.2, 0.25) is 10.0 Å². The van der Waals surface area contributed by atoms with Gasteiger partial charge in [0.25, 0.3) is 0 Å². The van der Waals surface area contributed by atoms with Crippen molar-refractivity contribution in [2.24, 2.45) is 0 Å². The lowest BCUT2D eigenvalue weighted by molar-refractivity contribution is -0.138. The largest absolute Gasteiger partial charge is 0.466 e. The van der Waals surface area contributed by atoms with Crippen molar-refractivity contribution in [1.29, 1.82) is 0 Å². The molecule has 0 spiro atoms. The molecule has 0 radical (unpaired) electrons. The van der Waals surface area contributed by atoms with E-state index in [9.17, 15) is 9.59 Å². The summed E-state index contributed by atoms with van der Waals surface area (Å²) in [7, 11) is 2.39. The molecule has 0 aromatic heterocycles. The minimum atomic E-state index is -0.726. The van der Waals surface area contributed by atoms with Gasteiger partial charge in [-0.25, -0.2) is 9.59 Å². The van der Waals surface area contributed by atoms with Gasteiger partial charge in [0.15, 0.2) is 0 Å². The Morgan fingerprint density at radius 1 is 1.21 bits per heavy atom. The molecule has 1 aromatic rings. The van der Waals surface area contributed by atoms with Gasteiger partial charge in [-0.15, -0.1) is 0 Å². The molecule has 0 aliphatic carbocycles. The second-order valence-electron chi connectivity index (χ2n) is 3.32. The van der Waals surface area contributed by atoms with Crippen molar-refractivity contribution < 1.29 is 19.1 Å². The lowest BCUT2D eigenvalue weighted by Crippen LogP contribution is -2.15. The fraction of sp³-hybridized carbons (Fsp3) is 0.167. The van der Waals surface area contributed by atoms with Crippen LogP contribution in [0.3, 0.4) is 0 Å². The van der Waals surface area contributed by atoms with Crippen LogP contribution in [0.5, 0.6) is 0 Å². The van der Waals surface area contributed by atoms with E-state index in [4.69, 9.17) is 23.2 Å². The molecule has 0 aliphatic heterocycles. The van der Waals surface area contributed by atoms with E-state index in [1.807, 2.05) is 0 Å². The average Bonchev–Trinajstić information content (AvgIpc) is 2.39. The number of benzene rings is 1. The van der Waals surface area contributed by atoms with E-state index in [2.05, 4.69) is 14.8 Å². The van der Waals surface area contributed by atoms with E-state index in [1.165, 1.54) is 20.3 Å². The van der Waals surface area contributed by atoms with Crippen LogP contribution in [-0.4, -0.2) is 26.2 Å². The third-order valence-corrected chi connectivity index (χ3v) is 2.62. The van der Waals surface area contributed by atoms with Crippen LogP contribution in [0.15, 0.2) is 30.0 Å². The molecule has 5 nitrogen and oxygen atoms in total. The van der Waals surface area contributed by atoms with Crippen LogP contribution in [0.1, 0.15) is 0 Å². The third kappa shape index (κ3) is 4.46. The van der Waals surface area contributed by atoms with Gasteiger partial charge in [0.05, 0.1) is 31.0 Å². The van der Waals surface area contributed by atoms with Crippen LogP contribution in [-0.2, 0) is 19.1 Å². The molecule has 1 aromatic carbocycles. The number of carbonyl (C=O) groups is 2. The normalized spacial score (nSPS) is 10.8. The first-order chi connectivity index (χ1) is 8.97. The smallest absolute Gasteiger partial charge is 0.354 e. The zero-order valence-electron chi connectivity index (χ0n) is 10.2. The van der Waals surface area contributed by atoms with Crippen LogP contribution in [0.25, 0.3) is 0 Å². The lowest BCUT2D eigenvalue weighted by Gasteiger charge is -2.10. The van der Waals surface area contributed by atoms with Gasteiger partial charge < -0.3 is 14.8 Å². The van der Waals surface area contributed by atoms with Crippen molar-refractivity contribution in [2.75, 3.05) is 19.5 Å². The molecule has 1 rings (SSSR count). The highest BCUT2D eigenvalue weighted by atomic mass is 35.5. The van der Waals surface area contributed by atoms with Crippen LogP contribution in [0, 0.1) is 0 Å². The summed E-state index contributed by atoms with van der Waals surface area (Å²) in [6, 6.07) is 4.65. The first-order valence-electron chi connectivity index (χ1n) is 5.08. The van der Waals surface area contributed by atoms with Crippen molar-refractivity contribution in [3.8, 4) is 0 Å². The fourth-order valence-corrected chi connectivity index (χ4v) is 1.62. The van der Waals surface area contributed by atoms with Gasteiger partial charge >= 0.3 is 11.9 Å². The number of rotatable bonds is 4. The van der Waals surface area contributed by atoms with Crippen molar-refractivity contribution in [2.45, 2.75) is 0 Å². The number of hydrogen-bond donors (Lipinski definition) is 1. The van der Waals surface area contributed by atoms with Gasteiger partial charge in [-0.2, -0.15) is 0 Å². The highest BCUT2D eigenvalue weighted by Crippen LogP contribution is 2.26. The summed E-state index contributed by atoms with van der Waals surface area (Å²) in [5, 5.41) is 3.43. The number of nitrogens with one attached hydrogen (secondary N) is 1. The van der Waals surface area contributed by atoms with E-state index in [0.717, 1.165) is 6.08 Å². The van der Waals surface area contributed by atoms with Gasteiger partial charge in [-0.1, -0.05) is 23.2 Å². The summed E-state index contributed by atoms with van der Waals surface area (Å²) in [6.45, 7) is 0. The fourth-order valence-electron chi connectivity index (χ4n) is 1.17.